The third-order valence-electron chi connectivity index (χ3n) is 1.16. The van der Waals surface area contributed by atoms with Crippen LogP contribution in [0.15, 0.2) is 0 Å². The van der Waals surface area contributed by atoms with E-state index < -0.39 is 0 Å². The number of hydrogen-bond donors (Lipinski definition) is 2. The number of rotatable bonds is 2. The van der Waals surface area contributed by atoms with Crippen LogP contribution in [0.4, 0.5) is 0 Å². The predicted octanol–water partition coefficient (Wildman–Crippen LogP) is 2.02. The standard InChI is InChI=1S/C5H10S4/c6-1-4-3-8-5(2-7)9-4/h4-7H,1-3H2. The third kappa shape index (κ3) is 2.48. The van der Waals surface area contributed by atoms with E-state index in [9.17, 15) is 0 Å². The van der Waals surface area contributed by atoms with Gasteiger partial charge in [-0.2, -0.15) is 25.3 Å². The molecule has 0 aromatic carbocycles. The van der Waals surface area contributed by atoms with Crippen LogP contribution in [0, 0.1) is 0 Å². The Bertz CT molecular complexity index is 75.0. The zero-order chi connectivity index (χ0) is 6.69. The van der Waals surface area contributed by atoms with E-state index in [1.165, 1.54) is 5.75 Å². The quantitative estimate of drug-likeness (QED) is 0.652. The van der Waals surface area contributed by atoms with Gasteiger partial charge in [-0.25, -0.2) is 0 Å². The summed E-state index contributed by atoms with van der Waals surface area (Å²) < 4.78 is 0.727. The van der Waals surface area contributed by atoms with E-state index in [4.69, 9.17) is 0 Å². The van der Waals surface area contributed by atoms with Gasteiger partial charge < -0.3 is 0 Å². The third-order valence-corrected chi connectivity index (χ3v) is 5.99. The largest absolute Gasteiger partial charge is 0.178 e. The average Bonchev–Trinajstić information content (AvgIpc) is 2.34. The number of thiol groups is 2. The van der Waals surface area contributed by atoms with Gasteiger partial charge in [-0.1, -0.05) is 0 Å². The molecule has 0 spiro atoms. The molecule has 0 aromatic rings. The van der Waals surface area contributed by atoms with Crippen molar-refractivity contribution in [2.75, 3.05) is 17.3 Å². The van der Waals surface area contributed by atoms with E-state index in [-0.39, 0.29) is 0 Å². The van der Waals surface area contributed by atoms with Gasteiger partial charge in [0.1, 0.15) is 0 Å². The van der Waals surface area contributed by atoms with Gasteiger partial charge in [-0.3, -0.25) is 0 Å². The predicted molar refractivity (Wildman–Crippen MR) is 55.3 cm³/mol. The summed E-state index contributed by atoms with van der Waals surface area (Å²) in [6.07, 6.45) is 0. The lowest BCUT2D eigenvalue weighted by molar-refractivity contribution is 1.17. The molecule has 1 aliphatic heterocycles. The SMILES string of the molecule is SCC1CSC(CS)S1. The summed E-state index contributed by atoms with van der Waals surface area (Å²) in [5.41, 5.74) is 0. The van der Waals surface area contributed by atoms with Crippen LogP contribution in [-0.4, -0.2) is 27.1 Å². The molecule has 1 saturated heterocycles. The second-order valence-electron chi connectivity index (χ2n) is 1.89. The first-order chi connectivity index (χ1) is 4.36. The fourth-order valence-electron chi connectivity index (χ4n) is 0.699. The van der Waals surface area contributed by atoms with Crippen molar-refractivity contribution in [2.45, 2.75) is 9.83 Å². The summed E-state index contributed by atoms with van der Waals surface area (Å²) >= 11 is 12.5. The van der Waals surface area contributed by atoms with Gasteiger partial charge >= 0.3 is 0 Å². The molecule has 1 fully saturated rings. The summed E-state index contributed by atoms with van der Waals surface area (Å²) in [4.78, 5) is 0. The van der Waals surface area contributed by atoms with Crippen LogP contribution in [0.3, 0.4) is 0 Å². The minimum atomic E-state index is 0.727. The Labute approximate surface area is 75.7 Å². The Kier molecular flexibility index (Phi) is 4.07. The Morgan fingerprint density at radius 3 is 2.44 bits per heavy atom. The molecular formula is C5H10S4. The minimum Gasteiger partial charge on any atom is -0.178 e. The van der Waals surface area contributed by atoms with Gasteiger partial charge in [0, 0.05) is 22.5 Å². The van der Waals surface area contributed by atoms with Crippen LogP contribution >= 0.6 is 48.8 Å². The van der Waals surface area contributed by atoms with Crippen molar-refractivity contribution in [3.05, 3.63) is 0 Å². The normalized spacial score (nSPS) is 35.3. The van der Waals surface area contributed by atoms with Gasteiger partial charge in [0.2, 0.25) is 0 Å². The van der Waals surface area contributed by atoms with E-state index in [2.05, 4.69) is 25.3 Å². The maximum absolute atomic E-state index is 4.24. The van der Waals surface area contributed by atoms with Crippen LogP contribution in [-0.2, 0) is 0 Å². The van der Waals surface area contributed by atoms with Crippen molar-refractivity contribution in [1.82, 2.24) is 0 Å². The smallest absolute Gasteiger partial charge is 0.0594 e. The molecule has 1 heterocycles. The van der Waals surface area contributed by atoms with Crippen molar-refractivity contribution in [1.29, 1.82) is 0 Å². The molecular weight excluding hydrogens is 188 g/mol. The Morgan fingerprint density at radius 1 is 1.33 bits per heavy atom. The zero-order valence-corrected chi connectivity index (χ0v) is 8.41. The van der Waals surface area contributed by atoms with Crippen molar-refractivity contribution in [3.63, 3.8) is 0 Å². The second kappa shape index (κ2) is 4.31. The topological polar surface area (TPSA) is 0 Å². The van der Waals surface area contributed by atoms with Gasteiger partial charge in [-0.15, -0.1) is 23.5 Å². The summed E-state index contributed by atoms with van der Waals surface area (Å²) in [6, 6.07) is 0. The lowest BCUT2D eigenvalue weighted by Crippen LogP contribution is -2.02. The van der Waals surface area contributed by atoms with Crippen LogP contribution in [0.25, 0.3) is 0 Å². The van der Waals surface area contributed by atoms with Crippen molar-refractivity contribution in [3.8, 4) is 0 Å². The summed E-state index contributed by atoms with van der Waals surface area (Å²) in [7, 11) is 0. The molecule has 0 amide bonds. The van der Waals surface area contributed by atoms with E-state index in [1.54, 1.807) is 0 Å². The highest BCUT2D eigenvalue weighted by atomic mass is 32.2. The minimum absolute atomic E-state index is 0.727. The van der Waals surface area contributed by atoms with Crippen molar-refractivity contribution >= 4 is 48.8 Å². The van der Waals surface area contributed by atoms with Crippen molar-refractivity contribution in [2.24, 2.45) is 0 Å². The van der Waals surface area contributed by atoms with Crippen molar-refractivity contribution < 1.29 is 0 Å². The molecule has 1 aliphatic rings. The molecule has 2 atom stereocenters. The molecule has 4 heteroatoms. The maximum Gasteiger partial charge on any atom is 0.0594 e. The van der Waals surface area contributed by atoms with Gasteiger partial charge in [0.05, 0.1) is 4.58 Å². The van der Waals surface area contributed by atoms with E-state index in [0.29, 0.717) is 0 Å². The van der Waals surface area contributed by atoms with E-state index in [1.807, 2.05) is 23.5 Å². The van der Waals surface area contributed by atoms with Crippen LogP contribution in [0.5, 0.6) is 0 Å². The van der Waals surface area contributed by atoms with Gasteiger partial charge in [0.15, 0.2) is 0 Å². The Hall–Kier alpha value is 1.40. The Balaban J connectivity index is 2.20. The fourth-order valence-corrected chi connectivity index (χ4v) is 4.66. The molecule has 0 saturated carbocycles. The number of thioether (sulfide) groups is 2. The summed E-state index contributed by atoms with van der Waals surface area (Å²) in [5, 5.41) is 0.774. The molecule has 0 bridgehead atoms. The first kappa shape index (κ1) is 8.50. The summed E-state index contributed by atoms with van der Waals surface area (Å²) in [5.74, 6) is 3.28. The first-order valence-corrected chi connectivity index (χ1v) is 6.11. The zero-order valence-electron chi connectivity index (χ0n) is 4.99. The monoisotopic (exact) mass is 198 g/mol. The van der Waals surface area contributed by atoms with Crippen LogP contribution < -0.4 is 0 Å². The van der Waals surface area contributed by atoms with Gasteiger partial charge in [-0.05, 0) is 0 Å². The lowest BCUT2D eigenvalue weighted by Gasteiger charge is -2.03. The molecule has 54 valence electrons. The molecule has 9 heavy (non-hydrogen) atoms. The lowest BCUT2D eigenvalue weighted by atomic mass is 10.6. The highest BCUT2D eigenvalue weighted by Crippen LogP contribution is 2.38. The molecule has 0 aliphatic carbocycles. The maximum atomic E-state index is 4.24. The highest BCUT2D eigenvalue weighted by Gasteiger charge is 2.23. The number of hydrogen-bond acceptors (Lipinski definition) is 4. The molecule has 1 rings (SSSR count). The molecule has 0 nitrogen and oxygen atoms in total. The van der Waals surface area contributed by atoms with E-state index >= 15 is 0 Å². The highest BCUT2D eigenvalue weighted by molar-refractivity contribution is 8.21. The molecule has 2 unspecified atom stereocenters. The Morgan fingerprint density at radius 2 is 2.11 bits per heavy atom. The molecule has 0 radical (unpaired) electrons. The van der Waals surface area contributed by atoms with Gasteiger partial charge in [0.25, 0.3) is 0 Å². The van der Waals surface area contributed by atoms with Crippen LogP contribution in [0.1, 0.15) is 0 Å². The fraction of sp³-hybridized carbons (Fsp3) is 1.00. The summed E-state index contributed by atoms with van der Waals surface area (Å²) in [6.45, 7) is 0. The second-order valence-corrected chi connectivity index (χ2v) is 5.66. The van der Waals surface area contributed by atoms with E-state index in [0.717, 1.165) is 21.3 Å². The first-order valence-electron chi connectivity index (χ1n) is 2.85. The molecule has 0 N–H and O–H groups in total. The molecule has 0 aromatic heterocycles. The average molecular weight is 198 g/mol. The van der Waals surface area contributed by atoms with Crippen LogP contribution in [0.2, 0.25) is 0 Å².